The molecule has 0 atom stereocenters. The number of ketones is 2. The van der Waals surface area contributed by atoms with E-state index in [2.05, 4.69) is 292 Å². The van der Waals surface area contributed by atoms with Gasteiger partial charge in [-0.1, -0.05) is 127 Å². The van der Waals surface area contributed by atoms with E-state index in [4.69, 9.17) is 19.9 Å². The van der Waals surface area contributed by atoms with E-state index in [1.807, 2.05) is 0 Å². The first-order valence-corrected chi connectivity index (χ1v) is 39.5. The molecule has 0 amide bonds. The van der Waals surface area contributed by atoms with Gasteiger partial charge in [-0.05, 0) is 261 Å². The van der Waals surface area contributed by atoms with Gasteiger partial charge >= 0.3 is 20.1 Å². The number of hydrogen-bond donors (Lipinski definition) is 0. The molecule has 22 rings (SSSR count). The van der Waals surface area contributed by atoms with E-state index >= 15 is 0 Å². The molecule has 0 spiro atoms. The molecule has 0 unspecified atom stereocenters. The Kier molecular flexibility index (Phi) is 18.2. The van der Waals surface area contributed by atoms with Crippen molar-refractivity contribution in [3.63, 3.8) is 0 Å². The molecule has 16 aromatic carbocycles. The molecule has 0 radical (unpaired) electrons. The van der Waals surface area contributed by atoms with Crippen molar-refractivity contribution in [2.75, 3.05) is 0 Å². The van der Waals surface area contributed by atoms with Gasteiger partial charge in [-0.2, -0.15) is 0 Å². The van der Waals surface area contributed by atoms with Crippen molar-refractivity contribution in [3.8, 4) is 45.3 Å². The molecule has 10 nitrogen and oxygen atoms in total. The summed E-state index contributed by atoms with van der Waals surface area (Å²) >= 11 is 0. The average Bonchev–Trinajstić information content (AvgIpc) is 1.21. The predicted molar refractivity (Wildman–Crippen MR) is 479 cm³/mol. The van der Waals surface area contributed by atoms with Gasteiger partial charge in [0.2, 0.25) is 0 Å². The smallest absolute Gasteiger partial charge is 0.327 e. The van der Waals surface area contributed by atoms with E-state index in [0.29, 0.717) is 11.4 Å². The van der Waals surface area contributed by atoms with Crippen LogP contribution in [0.2, 0.25) is 0 Å². The Balaban J connectivity index is 0.000000144. The normalized spacial score (nSPS) is 11.8. The molecule has 6 heterocycles. The minimum absolute atomic E-state index is 0. The fraction of sp³-hybridized carbons (Fsp3) is 0.105. The van der Waals surface area contributed by atoms with Crippen molar-refractivity contribution in [1.29, 1.82) is 0 Å². The van der Waals surface area contributed by atoms with Gasteiger partial charge in [0.25, 0.3) is 0 Å². The zero-order valence-corrected chi connectivity index (χ0v) is 69.0. The summed E-state index contributed by atoms with van der Waals surface area (Å²) in [7, 11) is 0. The van der Waals surface area contributed by atoms with Gasteiger partial charge in [0, 0.05) is 89.0 Å². The van der Waals surface area contributed by atoms with Crippen molar-refractivity contribution < 1.29 is 38.5 Å². The van der Waals surface area contributed by atoms with E-state index < -0.39 is 0 Å². The summed E-state index contributed by atoms with van der Waals surface area (Å²) in [6, 6.07) is 96.2. The molecule has 13 heteroatoms. The predicted octanol–water partition coefficient (Wildman–Crippen LogP) is 26.5. The molecule has 0 aliphatic rings. The number of nitrogens with zero attached hydrogens (tertiary/aromatic N) is 8. The second-order valence-electron chi connectivity index (χ2n) is 31.7. The first kappa shape index (κ1) is 74.4. The SMILES string of the molecule is CC(=O)CC(C)=O.Cc1ccc2c(c1)c1cc(C)ccc1n2-c1[c-]c2c(cc1)c1ccc(-n3c4ccc(C)cc4c4cc(C)ccc43)cc1c1nc(-c3ccc(F)cc3)cnc21.Cc1ccc2c(c1)c1cc(C)ccc1n2-c1[c-]c2c(cc1)c1ccc(-n3c4ccc(C)cc4c4cc(C)ccc43)cc1c1nc(-c3ccc(F)cc3)cnc21.[Ir+3]. The van der Waals surface area contributed by atoms with Gasteiger partial charge in [-0.3, -0.25) is 19.6 Å². The molecule has 0 aliphatic carbocycles. The van der Waals surface area contributed by atoms with Crippen LogP contribution in [0.25, 0.3) is 198 Å². The summed E-state index contributed by atoms with van der Waals surface area (Å²) in [4.78, 5) is 41.0. The van der Waals surface area contributed by atoms with Gasteiger partial charge < -0.3 is 28.2 Å². The summed E-state index contributed by atoms with van der Waals surface area (Å²) in [6.07, 6.45) is 3.68. The quantitative estimate of drug-likeness (QED) is 0.0852. The maximum absolute atomic E-state index is 14.0. The molecule has 0 N–H and O–H groups in total. The summed E-state index contributed by atoms with van der Waals surface area (Å²) in [6.45, 7) is 20.0. The summed E-state index contributed by atoms with van der Waals surface area (Å²) < 4.78 is 37.4. The molecule has 570 valence electrons. The molecule has 0 saturated heterocycles. The van der Waals surface area contributed by atoms with Crippen LogP contribution in [0.5, 0.6) is 0 Å². The van der Waals surface area contributed by atoms with E-state index in [0.717, 1.165) is 143 Å². The third-order valence-corrected chi connectivity index (χ3v) is 23.1. The molecule has 0 saturated carbocycles. The molecular weight excluding hydrogens is 1640 g/mol. The first-order valence-electron chi connectivity index (χ1n) is 39.5. The van der Waals surface area contributed by atoms with Crippen LogP contribution in [0, 0.1) is 79.2 Å². The molecule has 0 fully saturated rings. The van der Waals surface area contributed by atoms with Crippen LogP contribution < -0.4 is 0 Å². The van der Waals surface area contributed by atoms with Crippen LogP contribution in [0.4, 0.5) is 8.78 Å². The Morgan fingerprint density at radius 2 is 0.551 bits per heavy atom. The monoisotopic (exact) mass is 1710 g/mol. The van der Waals surface area contributed by atoms with Gasteiger partial charge in [0.15, 0.2) is 0 Å². The van der Waals surface area contributed by atoms with Crippen LogP contribution in [-0.4, -0.2) is 49.8 Å². The number of benzene rings is 16. The van der Waals surface area contributed by atoms with Crippen LogP contribution in [0.15, 0.2) is 267 Å². The molecule has 6 aromatic heterocycles. The first-order chi connectivity index (χ1) is 56.7. The van der Waals surface area contributed by atoms with Crippen molar-refractivity contribution in [1.82, 2.24) is 38.2 Å². The van der Waals surface area contributed by atoms with Gasteiger partial charge in [0.05, 0.1) is 73.0 Å². The Morgan fingerprint density at radius 3 is 0.814 bits per heavy atom. The number of halogens is 2. The minimum Gasteiger partial charge on any atom is -0.327 e. The van der Waals surface area contributed by atoms with E-state index in [9.17, 15) is 18.4 Å². The van der Waals surface area contributed by atoms with Crippen LogP contribution in [-0.2, 0) is 29.7 Å². The largest absolute Gasteiger partial charge is 3.00 e. The molecule has 22 aromatic rings. The van der Waals surface area contributed by atoms with E-state index in [1.165, 1.54) is 126 Å². The number of carbonyl (C=O) groups excluding carboxylic acids is 2. The molecule has 118 heavy (non-hydrogen) atoms. The van der Waals surface area contributed by atoms with Crippen molar-refractivity contribution in [2.45, 2.75) is 75.7 Å². The third-order valence-electron chi connectivity index (χ3n) is 23.1. The zero-order valence-electron chi connectivity index (χ0n) is 66.6. The molecular formula is C105H76F2IrN8O2+. The number of Topliss-reactive ketones (excluding diaryl/α,β-unsaturated/α-hetero) is 2. The maximum Gasteiger partial charge on any atom is 3.00 e. The summed E-state index contributed by atoms with van der Waals surface area (Å²) in [5, 5.41) is 17.9. The molecule has 0 aliphatic heterocycles. The van der Waals surface area contributed by atoms with Crippen LogP contribution in [0.3, 0.4) is 0 Å². The second kappa shape index (κ2) is 28.9. The summed E-state index contributed by atoms with van der Waals surface area (Å²) in [5.41, 5.74) is 29.1. The standard InChI is InChI=1S/2C50H34FN4.C5H8O2.Ir/c2*1-28-5-17-45-38(21-28)39-22-29(2)6-18-46(39)54(45)34-13-15-36-37-16-14-35(55-47-19-7-30(3)23-40(47)41-24-31(4)8-20-48(41)55)26-43(37)50-49(42(36)25-34)52-27-44(53-50)32-9-11-33(51)12-10-32;1-4(6)3-5(2)7;/h2*5-24,26-27H,1-4H3;3H2,1-2H3;/q2*-1;;+3. The Labute approximate surface area is 692 Å². The van der Waals surface area contributed by atoms with Gasteiger partial charge in [-0.25, -0.2) is 8.78 Å². The maximum atomic E-state index is 14.0. The molecule has 0 bridgehead atoms. The van der Waals surface area contributed by atoms with Crippen molar-refractivity contribution >= 4 is 164 Å². The Bertz CT molecular complexity index is 7340. The summed E-state index contributed by atoms with van der Waals surface area (Å²) in [5.74, 6) is -0.694. The van der Waals surface area contributed by atoms with Crippen molar-refractivity contribution in [2.24, 2.45) is 0 Å². The third kappa shape index (κ3) is 12.6. The van der Waals surface area contributed by atoms with E-state index in [-0.39, 0.29) is 49.7 Å². The number of fused-ring (bicyclic) bond motifs is 24. The minimum atomic E-state index is -0.285. The average molecular weight is 1710 g/mol. The zero-order chi connectivity index (χ0) is 80.1. The van der Waals surface area contributed by atoms with Crippen molar-refractivity contribution in [3.05, 3.63) is 335 Å². The number of aromatic nitrogens is 8. The number of hydrogen-bond acceptors (Lipinski definition) is 6. The van der Waals surface area contributed by atoms with Crippen LogP contribution >= 0.6 is 0 Å². The number of carbonyl (C=O) groups is 2. The van der Waals surface area contributed by atoms with Crippen LogP contribution in [0.1, 0.15) is 64.8 Å². The second-order valence-corrected chi connectivity index (χ2v) is 31.7. The topological polar surface area (TPSA) is 105 Å². The number of aryl methyl sites for hydroxylation is 8. The Morgan fingerprint density at radius 1 is 0.288 bits per heavy atom. The Hall–Kier alpha value is -13.7. The number of rotatable bonds is 8. The fourth-order valence-corrected chi connectivity index (χ4v) is 17.7. The van der Waals surface area contributed by atoms with Gasteiger partial charge in [0.1, 0.15) is 23.2 Å². The van der Waals surface area contributed by atoms with E-state index in [1.54, 1.807) is 36.7 Å². The van der Waals surface area contributed by atoms with Gasteiger partial charge in [-0.15, -0.1) is 47.2 Å². The fourth-order valence-electron chi connectivity index (χ4n) is 17.7.